The van der Waals surface area contributed by atoms with Gasteiger partial charge in [0, 0.05) is 0 Å². The maximum Gasteiger partial charge on any atom is 0.145 e. The molecule has 12 heavy (non-hydrogen) atoms. The molecule has 0 saturated heterocycles. The highest BCUT2D eigenvalue weighted by atomic mass is 32.1. The number of hydrogen-bond donors (Lipinski definition) is 0. The number of fused-ring (bicyclic) bond motifs is 2. The van der Waals surface area contributed by atoms with Crippen molar-refractivity contribution in [2.24, 2.45) is 0 Å². The summed E-state index contributed by atoms with van der Waals surface area (Å²) < 4.78 is 0. The van der Waals surface area contributed by atoms with E-state index in [1.54, 1.807) is 33.7 Å². The molecule has 0 spiro atoms. The monoisotopic (exact) mass is 193 g/mol. The first-order chi connectivity index (χ1) is 5.93. The molecule has 58 valence electrons. The molecular formula is C7H3N3S2. The van der Waals surface area contributed by atoms with Gasteiger partial charge in [-0.1, -0.05) is 0 Å². The summed E-state index contributed by atoms with van der Waals surface area (Å²) in [4.78, 5) is 14.7. The molecule has 0 saturated carbocycles. The Bertz CT molecular complexity index is 449. The van der Waals surface area contributed by atoms with Gasteiger partial charge >= 0.3 is 0 Å². The lowest BCUT2D eigenvalue weighted by atomic mass is 10.4. The van der Waals surface area contributed by atoms with Crippen molar-refractivity contribution in [1.82, 2.24) is 15.0 Å². The summed E-state index contributed by atoms with van der Waals surface area (Å²) in [6.07, 6.45) is 0. The predicted molar refractivity (Wildman–Crippen MR) is 50.6 cm³/mol. The minimum absolute atomic E-state index is 0.943. The zero-order valence-electron chi connectivity index (χ0n) is 5.89. The summed E-state index contributed by atoms with van der Waals surface area (Å²) in [5.74, 6) is 0. The van der Waals surface area contributed by atoms with Crippen LogP contribution in [-0.4, -0.2) is 15.0 Å². The van der Waals surface area contributed by atoms with E-state index in [0.717, 1.165) is 20.7 Å². The van der Waals surface area contributed by atoms with Crippen LogP contribution in [-0.2, 0) is 0 Å². The van der Waals surface area contributed by atoms with Gasteiger partial charge < -0.3 is 0 Å². The van der Waals surface area contributed by atoms with Crippen molar-refractivity contribution in [3.8, 4) is 0 Å². The Morgan fingerprint density at radius 2 is 1.50 bits per heavy atom. The van der Waals surface area contributed by atoms with E-state index in [9.17, 15) is 0 Å². The van der Waals surface area contributed by atoms with Crippen LogP contribution < -0.4 is 0 Å². The van der Waals surface area contributed by atoms with Gasteiger partial charge in [0.15, 0.2) is 0 Å². The molecule has 3 nitrogen and oxygen atoms in total. The third-order valence-corrected chi connectivity index (χ3v) is 3.10. The van der Waals surface area contributed by atoms with Crippen LogP contribution in [0.3, 0.4) is 0 Å². The van der Waals surface area contributed by atoms with E-state index < -0.39 is 0 Å². The smallest absolute Gasteiger partial charge is 0.145 e. The summed E-state index contributed by atoms with van der Waals surface area (Å²) >= 11 is 3.12. The third-order valence-electron chi connectivity index (χ3n) is 1.63. The van der Waals surface area contributed by atoms with Gasteiger partial charge in [-0.2, -0.15) is 0 Å². The molecule has 0 aliphatic rings. The van der Waals surface area contributed by atoms with Gasteiger partial charge in [0.25, 0.3) is 0 Å². The van der Waals surface area contributed by atoms with Crippen LogP contribution in [0.1, 0.15) is 0 Å². The molecule has 3 rings (SSSR count). The highest BCUT2D eigenvalue weighted by Gasteiger charge is 2.02. The first-order valence-electron chi connectivity index (χ1n) is 3.37. The number of thiazole rings is 2. The van der Waals surface area contributed by atoms with Crippen LogP contribution in [0.25, 0.3) is 20.7 Å². The van der Waals surface area contributed by atoms with E-state index in [1.807, 2.05) is 6.07 Å². The standard InChI is InChI=1S/C7H3N3S2/c1-4-6(11-2-8-4)10-7-5(1)9-3-12-7/h1-3H. The van der Waals surface area contributed by atoms with Gasteiger partial charge in [-0.25, -0.2) is 15.0 Å². The maximum absolute atomic E-state index is 4.41. The van der Waals surface area contributed by atoms with Crippen LogP contribution in [0, 0.1) is 0 Å². The lowest BCUT2D eigenvalue weighted by molar-refractivity contribution is 1.44. The molecule has 3 aromatic rings. The zero-order valence-corrected chi connectivity index (χ0v) is 7.52. The molecule has 0 atom stereocenters. The van der Waals surface area contributed by atoms with Crippen molar-refractivity contribution in [2.45, 2.75) is 0 Å². The molecule has 0 bridgehead atoms. The molecule has 0 N–H and O–H groups in total. The second-order valence-electron chi connectivity index (χ2n) is 2.34. The van der Waals surface area contributed by atoms with E-state index in [2.05, 4.69) is 15.0 Å². The number of aromatic nitrogens is 3. The van der Waals surface area contributed by atoms with Crippen molar-refractivity contribution in [3.05, 3.63) is 17.1 Å². The van der Waals surface area contributed by atoms with Crippen LogP contribution in [0.4, 0.5) is 0 Å². The summed E-state index contributed by atoms with van der Waals surface area (Å²) in [7, 11) is 0. The van der Waals surface area contributed by atoms with E-state index in [-0.39, 0.29) is 0 Å². The fraction of sp³-hybridized carbons (Fsp3) is 0. The normalized spacial score (nSPS) is 11.3. The number of nitrogens with zero attached hydrogens (tertiary/aromatic N) is 3. The zero-order chi connectivity index (χ0) is 7.97. The molecule has 0 aliphatic carbocycles. The van der Waals surface area contributed by atoms with Crippen LogP contribution in [0.2, 0.25) is 0 Å². The molecule has 5 heteroatoms. The Morgan fingerprint density at radius 1 is 0.917 bits per heavy atom. The Kier molecular flexibility index (Phi) is 1.19. The van der Waals surface area contributed by atoms with Gasteiger partial charge in [0.2, 0.25) is 0 Å². The lowest BCUT2D eigenvalue weighted by Crippen LogP contribution is -1.74. The quantitative estimate of drug-likeness (QED) is 0.550. The molecule has 0 radical (unpaired) electrons. The second kappa shape index (κ2) is 2.21. The molecule has 0 fully saturated rings. The Morgan fingerprint density at radius 3 is 2.08 bits per heavy atom. The average Bonchev–Trinajstić information content (AvgIpc) is 2.64. The van der Waals surface area contributed by atoms with Crippen LogP contribution in [0.5, 0.6) is 0 Å². The first-order valence-corrected chi connectivity index (χ1v) is 5.13. The molecule has 0 amide bonds. The van der Waals surface area contributed by atoms with Crippen molar-refractivity contribution in [3.63, 3.8) is 0 Å². The summed E-state index contributed by atoms with van der Waals surface area (Å²) in [5, 5.41) is 0. The summed E-state index contributed by atoms with van der Waals surface area (Å²) in [5.41, 5.74) is 5.50. The van der Waals surface area contributed by atoms with E-state index in [0.29, 0.717) is 0 Å². The number of pyridine rings is 1. The van der Waals surface area contributed by atoms with E-state index in [4.69, 9.17) is 0 Å². The lowest BCUT2D eigenvalue weighted by Gasteiger charge is -1.86. The topological polar surface area (TPSA) is 38.7 Å². The van der Waals surface area contributed by atoms with E-state index >= 15 is 0 Å². The average molecular weight is 193 g/mol. The molecule has 0 unspecified atom stereocenters. The predicted octanol–water partition coefficient (Wildman–Crippen LogP) is 2.30. The van der Waals surface area contributed by atoms with Crippen molar-refractivity contribution >= 4 is 43.4 Å². The van der Waals surface area contributed by atoms with Crippen molar-refractivity contribution in [2.75, 3.05) is 0 Å². The summed E-state index contributed by atoms with van der Waals surface area (Å²) in [6, 6.07) is 1.98. The minimum Gasteiger partial charge on any atom is -0.243 e. The molecule has 3 heterocycles. The van der Waals surface area contributed by atoms with Gasteiger partial charge in [0.1, 0.15) is 20.7 Å². The Labute approximate surface area is 75.7 Å². The SMILES string of the molecule is c1nc2cc3ncsc3nc2s1. The van der Waals surface area contributed by atoms with Crippen molar-refractivity contribution in [1.29, 1.82) is 0 Å². The fourth-order valence-electron chi connectivity index (χ4n) is 1.08. The third kappa shape index (κ3) is 0.774. The van der Waals surface area contributed by atoms with Gasteiger partial charge in [-0.3, -0.25) is 0 Å². The van der Waals surface area contributed by atoms with Crippen molar-refractivity contribution < 1.29 is 0 Å². The largest absolute Gasteiger partial charge is 0.243 e. The molecule has 3 aromatic heterocycles. The van der Waals surface area contributed by atoms with Gasteiger partial charge in [-0.15, -0.1) is 22.7 Å². The maximum atomic E-state index is 4.41. The highest BCUT2D eigenvalue weighted by molar-refractivity contribution is 7.18. The van der Waals surface area contributed by atoms with Gasteiger partial charge in [-0.05, 0) is 6.07 Å². The highest BCUT2D eigenvalue weighted by Crippen LogP contribution is 2.22. The minimum atomic E-state index is 0.943. The molecular weight excluding hydrogens is 190 g/mol. The first kappa shape index (κ1) is 6.45. The number of rotatable bonds is 0. The molecule has 0 aromatic carbocycles. The van der Waals surface area contributed by atoms with Crippen LogP contribution >= 0.6 is 22.7 Å². The number of hydrogen-bond acceptors (Lipinski definition) is 5. The summed E-state index contributed by atoms with van der Waals surface area (Å²) in [6.45, 7) is 0. The van der Waals surface area contributed by atoms with Crippen LogP contribution in [0.15, 0.2) is 17.1 Å². The second-order valence-corrected chi connectivity index (χ2v) is 4.01. The van der Waals surface area contributed by atoms with E-state index in [1.165, 1.54) is 0 Å². The fourth-order valence-corrected chi connectivity index (χ4v) is 2.43. The Hall–Kier alpha value is -1.07. The van der Waals surface area contributed by atoms with Gasteiger partial charge in [0.05, 0.1) is 11.0 Å². The Balaban J connectivity index is 2.62. The molecule has 0 aliphatic heterocycles.